The monoisotopic (exact) mass is 640 g/mol. The van der Waals surface area contributed by atoms with Crippen LogP contribution in [0.5, 0.6) is 5.75 Å². The van der Waals surface area contributed by atoms with E-state index in [0.717, 1.165) is 6.07 Å². The fourth-order valence-electron chi connectivity index (χ4n) is 4.96. The molecule has 0 spiro atoms. The summed E-state index contributed by atoms with van der Waals surface area (Å²) < 4.78 is 83.6. The number of ether oxygens (including phenoxy) is 1. The molecule has 2 heterocycles. The van der Waals surface area contributed by atoms with Gasteiger partial charge in [0.1, 0.15) is 11.6 Å². The van der Waals surface area contributed by atoms with Crippen LogP contribution in [0.2, 0.25) is 0 Å². The normalized spacial score (nSPS) is 18.9. The van der Waals surface area contributed by atoms with Gasteiger partial charge in [0, 0.05) is 57.3 Å². The lowest BCUT2D eigenvalue weighted by atomic mass is 9.91. The molecule has 2 aliphatic heterocycles. The lowest BCUT2D eigenvalue weighted by Crippen LogP contribution is -2.64. The lowest BCUT2D eigenvalue weighted by Gasteiger charge is -2.47. The third-order valence-corrected chi connectivity index (χ3v) is 9.87. The number of likely N-dealkylation sites (tertiary alicyclic amines) is 1. The summed E-state index contributed by atoms with van der Waals surface area (Å²) in [5.74, 6) is -1.49. The second-order valence-electron chi connectivity index (χ2n) is 10.7. The fourth-order valence-corrected chi connectivity index (χ4v) is 7.07. The van der Waals surface area contributed by atoms with Crippen LogP contribution in [0.25, 0.3) is 0 Å². The Morgan fingerprint density at radius 1 is 1.05 bits per heavy atom. The van der Waals surface area contributed by atoms with Crippen LogP contribution in [0.15, 0.2) is 18.2 Å². The summed E-state index contributed by atoms with van der Waals surface area (Å²) in [4.78, 5) is 16.5. The number of nitrogens with zero attached hydrogens (tertiary/aromatic N) is 3. The maximum Gasteiger partial charge on any atom is 0.389 e. The zero-order chi connectivity index (χ0) is 28.4. The number of hydrogen-bond donors (Lipinski definition) is 2. The van der Waals surface area contributed by atoms with E-state index in [2.05, 4.69) is 4.90 Å². The predicted molar refractivity (Wildman–Crippen MR) is 148 cm³/mol. The number of anilines is 1. The van der Waals surface area contributed by atoms with E-state index < -0.39 is 39.1 Å². The predicted octanol–water partition coefficient (Wildman–Crippen LogP) is 3.98. The van der Waals surface area contributed by atoms with Crippen LogP contribution in [0, 0.1) is 5.82 Å². The Bertz CT molecular complexity index is 1090. The average Bonchev–Trinajstić information content (AvgIpc) is 2.85. The Morgan fingerprint density at radius 3 is 2.10 bits per heavy atom. The van der Waals surface area contributed by atoms with Crippen molar-refractivity contribution < 1.29 is 40.7 Å². The molecule has 1 amide bonds. The standard InChI is InChI=1S/C24H36F4N4O5S.2ClH/c1-22(2,3)31-10-8-23(9-11-31,21(33)29-34)38(35,36)32-14-12-30(13-15-32)20-6-5-18(17-19(20)25)37-16-4-7-24(26,27)28;;/h5-6,17,34H,4,7-16H2,1-3H3,(H,29,33);2*1H. The summed E-state index contributed by atoms with van der Waals surface area (Å²) in [6, 6.07) is 4.00. The summed E-state index contributed by atoms with van der Waals surface area (Å²) in [6.45, 7) is 6.90. The first kappa shape index (κ1) is 36.4. The van der Waals surface area contributed by atoms with Crippen molar-refractivity contribution in [1.29, 1.82) is 0 Å². The van der Waals surface area contributed by atoms with Gasteiger partial charge in [-0.15, -0.1) is 24.8 Å². The molecule has 16 heteroatoms. The van der Waals surface area contributed by atoms with Crippen LogP contribution in [0.4, 0.5) is 23.2 Å². The van der Waals surface area contributed by atoms with Crippen LogP contribution in [0.3, 0.4) is 0 Å². The van der Waals surface area contributed by atoms with E-state index in [9.17, 15) is 36.0 Å². The third kappa shape index (κ3) is 8.25. The van der Waals surface area contributed by atoms with Crippen molar-refractivity contribution in [2.75, 3.05) is 50.8 Å². The maximum absolute atomic E-state index is 14.8. The van der Waals surface area contributed by atoms with Gasteiger partial charge in [0.15, 0.2) is 4.75 Å². The zero-order valence-corrected chi connectivity index (χ0v) is 25.1. The SMILES string of the molecule is CC(C)(C)N1CCC(C(=O)NO)(S(=O)(=O)N2CCN(c3ccc(OCCCC(F)(F)F)cc3F)CC2)CC1.Cl.Cl. The Labute approximate surface area is 245 Å². The molecule has 0 radical (unpaired) electrons. The van der Waals surface area contributed by atoms with E-state index in [1.807, 2.05) is 20.8 Å². The molecule has 2 saturated heterocycles. The summed E-state index contributed by atoms with van der Waals surface area (Å²) in [7, 11) is -4.16. The molecule has 0 saturated carbocycles. The van der Waals surface area contributed by atoms with Crippen molar-refractivity contribution in [2.24, 2.45) is 0 Å². The van der Waals surface area contributed by atoms with Crippen molar-refractivity contribution in [3.8, 4) is 5.75 Å². The van der Waals surface area contributed by atoms with E-state index in [0.29, 0.717) is 13.1 Å². The van der Waals surface area contributed by atoms with Gasteiger partial charge in [0.25, 0.3) is 5.91 Å². The molecule has 232 valence electrons. The van der Waals surface area contributed by atoms with E-state index in [1.165, 1.54) is 16.4 Å². The van der Waals surface area contributed by atoms with E-state index in [4.69, 9.17) is 4.74 Å². The van der Waals surface area contributed by atoms with Crippen LogP contribution in [-0.2, 0) is 14.8 Å². The third-order valence-electron chi connectivity index (χ3n) is 7.24. The molecule has 0 bridgehead atoms. The summed E-state index contributed by atoms with van der Waals surface area (Å²) in [5.41, 5.74) is 1.57. The molecular formula is C24H38Cl2F4N4O5S. The number of piperazine rings is 1. The summed E-state index contributed by atoms with van der Waals surface area (Å²) >= 11 is 0. The zero-order valence-electron chi connectivity index (χ0n) is 22.7. The van der Waals surface area contributed by atoms with Gasteiger partial charge in [-0.05, 0) is 52.2 Å². The van der Waals surface area contributed by atoms with Gasteiger partial charge in [-0.1, -0.05) is 0 Å². The number of rotatable bonds is 8. The smallest absolute Gasteiger partial charge is 0.389 e. The maximum atomic E-state index is 14.8. The van der Waals surface area contributed by atoms with Crippen molar-refractivity contribution in [2.45, 2.75) is 62.9 Å². The molecule has 2 fully saturated rings. The molecule has 9 nitrogen and oxygen atoms in total. The molecule has 2 N–H and O–H groups in total. The van der Waals surface area contributed by atoms with Gasteiger partial charge in [-0.2, -0.15) is 17.5 Å². The highest BCUT2D eigenvalue weighted by Crippen LogP contribution is 2.37. The molecule has 3 rings (SSSR count). The largest absolute Gasteiger partial charge is 0.493 e. The van der Waals surface area contributed by atoms with Gasteiger partial charge in [-0.3, -0.25) is 14.9 Å². The highest BCUT2D eigenvalue weighted by Gasteiger charge is 2.55. The number of halogens is 6. The van der Waals surface area contributed by atoms with Gasteiger partial charge >= 0.3 is 6.18 Å². The minimum absolute atomic E-state index is 0. The van der Waals surface area contributed by atoms with E-state index in [-0.39, 0.29) is 93.8 Å². The van der Waals surface area contributed by atoms with Crippen molar-refractivity contribution in [3.05, 3.63) is 24.0 Å². The number of carbonyl (C=O) groups is 1. The number of alkyl halides is 3. The van der Waals surface area contributed by atoms with Crippen LogP contribution < -0.4 is 15.1 Å². The molecule has 0 unspecified atom stereocenters. The number of nitrogens with one attached hydrogen (secondary N) is 1. The number of amides is 1. The number of carbonyl (C=O) groups excluding carboxylic acids is 1. The molecule has 40 heavy (non-hydrogen) atoms. The molecule has 0 aromatic heterocycles. The first-order chi connectivity index (χ1) is 17.6. The van der Waals surface area contributed by atoms with Crippen LogP contribution >= 0.6 is 24.8 Å². The van der Waals surface area contributed by atoms with Crippen molar-refractivity contribution in [1.82, 2.24) is 14.7 Å². The van der Waals surface area contributed by atoms with E-state index >= 15 is 0 Å². The van der Waals surface area contributed by atoms with Gasteiger partial charge in [0.05, 0.1) is 12.3 Å². The highest BCUT2D eigenvalue weighted by molar-refractivity contribution is 7.91. The Morgan fingerprint density at radius 2 is 1.62 bits per heavy atom. The average molecular weight is 642 g/mol. The minimum atomic E-state index is -4.28. The number of hydrogen-bond acceptors (Lipinski definition) is 7. The summed E-state index contributed by atoms with van der Waals surface area (Å²) in [6.07, 6.45) is -5.46. The Kier molecular flexibility index (Phi) is 12.8. The minimum Gasteiger partial charge on any atom is -0.493 e. The second kappa shape index (κ2) is 14.1. The molecular weight excluding hydrogens is 603 g/mol. The number of benzene rings is 1. The number of hydroxylamine groups is 1. The molecule has 1 aromatic rings. The van der Waals surface area contributed by atoms with E-state index in [1.54, 1.807) is 10.4 Å². The number of piperidine rings is 1. The first-order valence-electron chi connectivity index (χ1n) is 12.5. The van der Waals surface area contributed by atoms with Gasteiger partial charge in [-0.25, -0.2) is 18.3 Å². The van der Waals surface area contributed by atoms with Crippen LogP contribution in [-0.4, -0.2) is 91.1 Å². The molecule has 2 aliphatic rings. The second-order valence-corrected chi connectivity index (χ2v) is 12.9. The first-order valence-corrected chi connectivity index (χ1v) is 14.0. The van der Waals surface area contributed by atoms with Gasteiger partial charge in [0.2, 0.25) is 10.0 Å². The summed E-state index contributed by atoms with van der Waals surface area (Å²) in [5, 5.41) is 9.38. The quantitative estimate of drug-likeness (QED) is 0.192. The fraction of sp³-hybridized carbons (Fsp3) is 0.708. The molecule has 1 aromatic carbocycles. The van der Waals surface area contributed by atoms with Crippen LogP contribution in [0.1, 0.15) is 46.5 Å². The van der Waals surface area contributed by atoms with Crippen molar-refractivity contribution in [3.63, 3.8) is 0 Å². The Balaban J connectivity index is 0.00000400. The van der Waals surface area contributed by atoms with Crippen molar-refractivity contribution >= 4 is 46.4 Å². The molecule has 0 atom stereocenters. The lowest BCUT2D eigenvalue weighted by molar-refractivity contribution is -0.136. The van der Waals surface area contributed by atoms with Gasteiger partial charge < -0.3 is 9.64 Å². The Hall–Kier alpha value is -1.58. The molecule has 0 aliphatic carbocycles. The topological polar surface area (TPSA) is 102 Å². The number of sulfonamides is 1. The highest BCUT2D eigenvalue weighted by atomic mass is 35.5.